The summed E-state index contributed by atoms with van der Waals surface area (Å²) in [4.78, 5) is 26.1. The lowest BCUT2D eigenvalue weighted by Gasteiger charge is -2.13. The molecule has 0 aliphatic heterocycles. The zero-order valence-electron chi connectivity index (χ0n) is 16.9. The fraction of sp³-hybridized carbons (Fsp3) is 0.364. The lowest BCUT2D eigenvalue weighted by Crippen LogP contribution is -2.28. The van der Waals surface area contributed by atoms with Gasteiger partial charge in [0.2, 0.25) is 0 Å². The van der Waals surface area contributed by atoms with E-state index in [-0.39, 0.29) is 12.5 Å². The first-order valence-electron chi connectivity index (χ1n) is 9.28. The Kier molecular flexibility index (Phi) is 7.87. The van der Waals surface area contributed by atoms with Crippen LogP contribution in [-0.2, 0) is 16.1 Å². The maximum atomic E-state index is 12.2. The summed E-state index contributed by atoms with van der Waals surface area (Å²) in [6, 6.07) is 14.6. The molecule has 2 aromatic rings. The van der Waals surface area contributed by atoms with Crippen LogP contribution in [0.3, 0.4) is 0 Å². The number of rotatable bonds is 9. The van der Waals surface area contributed by atoms with E-state index < -0.39 is 5.97 Å². The van der Waals surface area contributed by atoms with Gasteiger partial charge < -0.3 is 19.7 Å². The predicted octanol–water partition coefficient (Wildman–Crippen LogP) is 3.26. The first-order valence-corrected chi connectivity index (χ1v) is 9.28. The second-order valence-corrected chi connectivity index (χ2v) is 7.15. The van der Waals surface area contributed by atoms with Gasteiger partial charge in [-0.1, -0.05) is 32.0 Å². The van der Waals surface area contributed by atoms with Gasteiger partial charge in [0.25, 0.3) is 5.91 Å². The van der Waals surface area contributed by atoms with Crippen molar-refractivity contribution in [2.75, 3.05) is 32.2 Å². The van der Waals surface area contributed by atoms with Crippen LogP contribution in [0.15, 0.2) is 48.5 Å². The molecule has 28 heavy (non-hydrogen) atoms. The number of ether oxygens (including phenoxy) is 2. The highest BCUT2D eigenvalue weighted by Crippen LogP contribution is 2.15. The molecule has 0 aliphatic rings. The molecule has 0 aromatic heterocycles. The van der Waals surface area contributed by atoms with E-state index in [0.29, 0.717) is 30.4 Å². The standard InChI is InChI=1S/C22H28N2O4/c1-16(2)14-27-20-7-5-6-18(12-20)22(26)28-15-21(25)23-13-17-8-10-19(11-9-17)24(3)4/h5-12,16H,13-15H2,1-4H3,(H,23,25). The van der Waals surface area contributed by atoms with Gasteiger partial charge in [-0.3, -0.25) is 4.79 Å². The fourth-order valence-corrected chi connectivity index (χ4v) is 2.35. The lowest BCUT2D eigenvalue weighted by atomic mass is 10.2. The molecular formula is C22H28N2O4. The lowest BCUT2D eigenvalue weighted by molar-refractivity contribution is -0.124. The SMILES string of the molecule is CC(C)COc1cccc(C(=O)OCC(=O)NCc2ccc(N(C)C)cc2)c1. The Morgan fingerprint density at radius 3 is 2.43 bits per heavy atom. The number of hydrogen-bond donors (Lipinski definition) is 1. The number of nitrogens with one attached hydrogen (secondary N) is 1. The van der Waals surface area contributed by atoms with Crippen LogP contribution in [-0.4, -0.2) is 39.2 Å². The average molecular weight is 384 g/mol. The van der Waals surface area contributed by atoms with E-state index in [1.54, 1.807) is 24.3 Å². The molecule has 0 unspecified atom stereocenters. The topological polar surface area (TPSA) is 67.9 Å². The first kappa shape index (κ1) is 21.3. The second-order valence-electron chi connectivity index (χ2n) is 7.15. The fourth-order valence-electron chi connectivity index (χ4n) is 2.35. The molecule has 0 heterocycles. The Morgan fingerprint density at radius 1 is 1.07 bits per heavy atom. The highest BCUT2D eigenvalue weighted by Gasteiger charge is 2.11. The quantitative estimate of drug-likeness (QED) is 0.672. The molecule has 0 bridgehead atoms. The number of benzene rings is 2. The highest BCUT2D eigenvalue weighted by molar-refractivity contribution is 5.91. The van der Waals surface area contributed by atoms with Crippen LogP contribution < -0.4 is 15.0 Å². The normalized spacial score (nSPS) is 10.5. The van der Waals surface area contributed by atoms with E-state index in [0.717, 1.165) is 11.3 Å². The number of esters is 1. The van der Waals surface area contributed by atoms with Crippen LogP contribution in [0.1, 0.15) is 29.8 Å². The van der Waals surface area contributed by atoms with Crippen molar-refractivity contribution in [1.29, 1.82) is 0 Å². The van der Waals surface area contributed by atoms with E-state index in [1.165, 1.54) is 0 Å². The van der Waals surface area contributed by atoms with Crippen molar-refractivity contribution in [3.05, 3.63) is 59.7 Å². The van der Waals surface area contributed by atoms with E-state index in [9.17, 15) is 9.59 Å². The van der Waals surface area contributed by atoms with Crippen molar-refractivity contribution >= 4 is 17.6 Å². The smallest absolute Gasteiger partial charge is 0.338 e. The van der Waals surface area contributed by atoms with Gasteiger partial charge in [-0.25, -0.2) is 4.79 Å². The monoisotopic (exact) mass is 384 g/mol. The van der Waals surface area contributed by atoms with Crippen LogP contribution in [0.5, 0.6) is 5.75 Å². The van der Waals surface area contributed by atoms with E-state index in [2.05, 4.69) is 5.32 Å². The molecule has 0 atom stereocenters. The summed E-state index contributed by atoms with van der Waals surface area (Å²) in [5.74, 6) is 0.0879. The summed E-state index contributed by atoms with van der Waals surface area (Å²) in [7, 11) is 3.94. The molecule has 0 fully saturated rings. The molecule has 1 N–H and O–H groups in total. The molecule has 6 heteroatoms. The highest BCUT2D eigenvalue weighted by atomic mass is 16.5. The molecular weight excluding hydrogens is 356 g/mol. The van der Waals surface area contributed by atoms with Gasteiger partial charge in [-0.2, -0.15) is 0 Å². The van der Waals surface area contributed by atoms with Gasteiger partial charge in [0.05, 0.1) is 12.2 Å². The molecule has 150 valence electrons. The molecule has 2 aromatic carbocycles. The second kappa shape index (κ2) is 10.3. The summed E-state index contributed by atoms with van der Waals surface area (Å²) >= 11 is 0. The molecule has 2 rings (SSSR count). The average Bonchev–Trinajstić information content (AvgIpc) is 2.69. The minimum Gasteiger partial charge on any atom is -0.493 e. The Morgan fingerprint density at radius 2 is 1.79 bits per heavy atom. The van der Waals surface area contributed by atoms with Gasteiger partial charge in [0.15, 0.2) is 6.61 Å². The number of carbonyl (C=O) groups excluding carboxylic acids is 2. The van der Waals surface area contributed by atoms with Crippen LogP contribution in [0.2, 0.25) is 0 Å². The van der Waals surface area contributed by atoms with Gasteiger partial charge in [-0.15, -0.1) is 0 Å². The minimum absolute atomic E-state index is 0.328. The summed E-state index contributed by atoms with van der Waals surface area (Å²) < 4.78 is 10.7. The van der Waals surface area contributed by atoms with Crippen molar-refractivity contribution in [2.24, 2.45) is 5.92 Å². The third-order valence-corrected chi connectivity index (χ3v) is 3.93. The minimum atomic E-state index is -0.555. The largest absolute Gasteiger partial charge is 0.493 e. The Labute approximate surface area is 166 Å². The van der Waals surface area contributed by atoms with Crippen molar-refractivity contribution in [3.8, 4) is 5.75 Å². The van der Waals surface area contributed by atoms with Crippen molar-refractivity contribution in [3.63, 3.8) is 0 Å². The van der Waals surface area contributed by atoms with Gasteiger partial charge in [0.1, 0.15) is 5.75 Å². The van der Waals surface area contributed by atoms with Crippen LogP contribution in [0.25, 0.3) is 0 Å². The number of nitrogens with zero attached hydrogens (tertiary/aromatic N) is 1. The van der Waals surface area contributed by atoms with E-state index in [1.807, 2.05) is 57.1 Å². The number of anilines is 1. The molecule has 0 aliphatic carbocycles. The van der Waals surface area contributed by atoms with Crippen LogP contribution in [0, 0.1) is 5.92 Å². The van der Waals surface area contributed by atoms with E-state index >= 15 is 0 Å². The third kappa shape index (κ3) is 6.95. The first-order chi connectivity index (χ1) is 13.3. The van der Waals surface area contributed by atoms with Crippen molar-refractivity contribution in [1.82, 2.24) is 5.32 Å². The Bertz CT molecular complexity index is 785. The van der Waals surface area contributed by atoms with Crippen molar-refractivity contribution in [2.45, 2.75) is 20.4 Å². The van der Waals surface area contributed by atoms with Crippen LogP contribution >= 0.6 is 0 Å². The van der Waals surface area contributed by atoms with Crippen molar-refractivity contribution < 1.29 is 19.1 Å². The Balaban J connectivity index is 1.79. The maximum Gasteiger partial charge on any atom is 0.338 e. The van der Waals surface area contributed by atoms with Gasteiger partial charge in [-0.05, 0) is 41.8 Å². The molecule has 0 radical (unpaired) electrons. The maximum absolute atomic E-state index is 12.2. The van der Waals surface area contributed by atoms with Crippen LogP contribution in [0.4, 0.5) is 5.69 Å². The molecule has 0 saturated carbocycles. The zero-order valence-corrected chi connectivity index (χ0v) is 16.9. The number of carbonyl (C=O) groups is 2. The molecule has 0 spiro atoms. The predicted molar refractivity (Wildman–Crippen MR) is 110 cm³/mol. The van der Waals surface area contributed by atoms with E-state index in [4.69, 9.17) is 9.47 Å². The van der Waals surface area contributed by atoms with Gasteiger partial charge in [0, 0.05) is 26.3 Å². The summed E-state index contributed by atoms with van der Waals surface area (Å²) in [6.45, 7) is 4.71. The summed E-state index contributed by atoms with van der Waals surface area (Å²) in [6.07, 6.45) is 0. The molecule has 0 saturated heterocycles. The molecule has 1 amide bonds. The number of amides is 1. The third-order valence-electron chi connectivity index (χ3n) is 3.93. The molecule has 6 nitrogen and oxygen atoms in total. The van der Waals surface area contributed by atoms with Gasteiger partial charge >= 0.3 is 5.97 Å². The Hall–Kier alpha value is -3.02. The zero-order chi connectivity index (χ0) is 20.5. The number of hydrogen-bond acceptors (Lipinski definition) is 5. The summed E-state index contributed by atoms with van der Waals surface area (Å²) in [5.41, 5.74) is 2.41. The summed E-state index contributed by atoms with van der Waals surface area (Å²) in [5, 5.41) is 2.74.